The fourth-order valence-corrected chi connectivity index (χ4v) is 1.12. The summed E-state index contributed by atoms with van der Waals surface area (Å²) in [6.07, 6.45) is 3.76. The Labute approximate surface area is 69.9 Å². The zero-order valence-corrected chi connectivity index (χ0v) is 7.22. The van der Waals surface area contributed by atoms with Gasteiger partial charge in [0.1, 0.15) is 0 Å². The SMILES string of the molecule is ClCC=CSC=CCCl. The van der Waals surface area contributed by atoms with E-state index in [4.69, 9.17) is 23.2 Å². The van der Waals surface area contributed by atoms with Crippen molar-refractivity contribution in [1.29, 1.82) is 0 Å². The fourth-order valence-electron chi connectivity index (χ4n) is 0.229. The second-order valence-electron chi connectivity index (χ2n) is 1.19. The highest BCUT2D eigenvalue weighted by Crippen LogP contribution is 2.03. The van der Waals surface area contributed by atoms with Crippen molar-refractivity contribution in [2.75, 3.05) is 11.8 Å². The van der Waals surface area contributed by atoms with Crippen LogP contribution < -0.4 is 0 Å². The molecule has 0 aromatic carbocycles. The van der Waals surface area contributed by atoms with Crippen LogP contribution in [0.15, 0.2) is 23.0 Å². The first-order valence-electron chi connectivity index (χ1n) is 2.49. The van der Waals surface area contributed by atoms with Crippen LogP contribution in [0.25, 0.3) is 0 Å². The van der Waals surface area contributed by atoms with Crippen molar-refractivity contribution >= 4 is 35.0 Å². The second kappa shape index (κ2) is 8.41. The molecule has 0 N–H and O–H groups in total. The maximum atomic E-state index is 5.36. The number of rotatable bonds is 4. The summed E-state index contributed by atoms with van der Waals surface area (Å²) in [4.78, 5) is 0. The molecule has 0 spiro atoms. The van der Waals surface area contributed by atoms with Gasteiger partial charge in [0, 0.05) is 11.8 Å². The van der Waals surface area contributed by atoms with Crippen molar-refractivity contribution in [2.45, 2.75) is 0 Å². The predicted molar refractivity (Wildman–Crippen MR) is 47.3 cm³/mol. The summed E-state index contributed by atoms with van der Waals surface area (Å²) in [6.45, 7) is 0. The Balaban J connectivity index is 3.08. The first kappa shape index (κ1) is 9.41. The molecule has 0 rings (SSSR count). The number of hydrogen-bond donors (Lipinski definition) is 0. The van der Waals surface area contributed by atoms with Gasteiger partial charge >= 0.3 is 0 Å². The van der Waals surface area contributed by atoms with E-state index in [0.717, 1.165) is 0 Å². The van der Waals surface area contributed by atoms with Crippen molar-refractivity contribution in [3.8, 4) is 0 Å². The highest BCUT2D eigenvalue weighted by molar-refractivity contribution is 8.04. The molecule has 0 aliphatic carbocycles. The van der Waals surface area contributed by atoms with E-state index in [0.29, 0.717) is 11.8 Å². The maximum Gasteiger partial charge on any atom is 0.0412 e. The second-order valence-corrected chi connectivity index (χ2v) is 2.62. The number of hydrogen-bond acceptors (Lipinski definition) is 1. The molecule has 0 aliphatic heterocycles. The van der Waals surface area contributed by atoms with Crippen LogP contribution in [0.5, 0.6) is 0 Å². The van der Waals surface area contributed by atoms with Crippen molar-refractivity contribution in [2.24, 2.45) is 0 Å². The highest BCUT2D eigenvalue weighted by Gasteiger charge is 1.69. The van der Waals surface area contributed by atoms with Crippen LogP contribution in [0.2, 0.25) is 0 Å². The average molecular weight is 183 g/mol. The Hall–Kier alpha value is 0.410. The van der Waals surface area contributed by atoms with Crippen LogP contribution in [0.3, 0.4) is 0 Å². The van der Waals surface area contributed by atoms with Gasteiger partial charge in [-0.1, -0.05) is 12.2 Å². The van der Waals surface area contributed by atoms with E-state index in [-0.39, 0.29) is 0 Å². The zero-order chi connectivity index (χ0) is 6.95. The van der Waals surface area contributed by atoms with Gasteiger partial charge in [-0.3, -0.25) is 0 Å². The van der Waals surface area contributed by atoms with E-state index < -0.39 is 0 Å². The Morgan fingerprint density at radius 1 is 1.00 bits per heavy atom. The highest BCUT2D eigenvalue weighted by atomic mass is 35.5. The lowest BCUT2D eigenvalue weighted by molar-refractivity contribution is 1.78. The molecule has 0 fully saturated rings. The smallest absolute Gasteiger partial charge is 0.0412 e. The summed E-state index contributed by atoms with van der Waals surface area (Å²) in [5.74, 6) is 1.14. The molecule has 0 saturated heterocycles. The topological polar surface area (TPSA) is 0 Å². The van der Waals surface area contributed by atoms with E-state index in [1.54, 1.807) is 11.8 Å². The molecule has 0 atom stereocenters. The lowest BCUT2D eigenvalue weighted by atomic mass is 10.8. The molecule has 0 radical (unpaired) electrons. The van der Waals surface area contributed by atoms with Gasteiger partial charge < -0.3 is 0 Å². The molecule has 0 aliphatic rings. The summed E-state index contributed by atoms with van der Waals surface area (Å²) < 4.78 is 0. The van der Waals surface area contributed by atoms with Gasteiger partial charge in [0.05, 0.1) is 0 Å². The van der Waals surface area contributed by atoms with Crippen LogP contribution in [0, 0.1) is 0 Å². The summed E-state index contributed by atoms with van der Waals surface area (Å²) in [5, 5.41) is 3.85. The predicted octanol–water partition coefficient (Wildman–Crippen LogP) is 3.22. The Morgan fingerprint density at radius 3 is 1.78 bits per heavy atom. The number of thioether (sulfide) groups is 1. The third-order valence-electron chi connectivity index (χ3n) is 0.528. The third kappa shape index (κ3) is 8.41. The molecule has 0 unspecified atom stereocenters. The first-order chi connectivity index (χ1) is 4.41. The molecule has 0 nitrogen and oxygen atoms in total. The monoisotopic (exact) mass is 182 g/mol. The Kier molecular flexibility index (Phi) is 8.79. The third-order valence-corrected chi connectivity index (χ3v) is 1.58. The van der Waals surface area contributed by atoms with Crippen LogP contribution in [-0.4, -0.2) is 11.8 Å². The van der Waals surface area contributed by atoms with Crippen molar-refractivity contribution in [3.05, 3.63) is 23.0 Å². The van der Waals surface area contributed by atoms with Crippen LogP contribution in [0.1, 0.15) is 0 Å². The van der Waals surface area contributed by atoms with Crippen molar-refractivity contribution in [1.82, 2.24) is 0 Å². The van der Waals surface area contributed by atoms with Gasteiger partial charge in [-0.25, -0.2) is 0 Å². The van der Waals surface area contributed by atoms with Gasteiger partial charge in [0.2, 0.25) is 0 Å². The molecule has 0 saturated carbocycles. The summed E-state index contributed by atoms with van der Waals surface area (Å²) in [6, 6.07) is 0. The molecule has 0 aromatic heterocycles. The lowest BCUT2D eigenvalue weighted by Gasteiger charge is -1.78. The minimum atomic E-state index is 0.571. The normalized spacial score (nSPS) is 11.8. The average Bonchev–Trinajstić information content (AvgIpc) is 1.89. The van der Waals surface area contributed by atoms with Crippen LogP contribution in [-0.2, 0) is 0 Å². The molecule has 0 bridgehead atoms. The van der Waals surface area contributed by atoms with E-state index >= 15 is 0 Å². The molecule has 9 heavy (non-hydrogen) atoms. The zero-order valence-electron chi connectivity index (χ0n) is 4.89. The number of halogens is 2. The maximum absolute atomic E-state index is 5.36. The van der Waals surface area contributed by atoms with E-state index in [2.05, 4.69) is 0 Å². The van der Waals surface area contributed by atoms with Gasteiger partial charge in [0.15, 0.2) is 0 Å². The largest absolute Gasteiger partial charge is 0.122 e. The van der Waals surface area contributed by atoms with Crippen molar-refractivity contribution < 1.29 is 0 Å². The Morgan fingerprint density at radius 2 is 1.44 bits per heavy atom. The molecule has 0 heterocycles. The minimum Gasteiger partial charge on any atom is -0.122 e. The molecule has 0 aromatic rings. The minimum absolute atomic E-state index is 0.571. The number of allylic oxidation sites excluding steroid dienone is 2. The quantitative estimate of drug-likeness (QED) is 0.603. The summed E-state index contributed by atoms with van der Waals surface area (Å²) in [7, 11) is 0. The Bertz CT molecular complexity index is 87.2. The number of alkyl halides is 2. The molecule has 0 amide bonds. The van der Waals surface area contributed by atoms with E-state index in [1.807, 2.05) is 23.0 Å². The lowest BCUT2D eigenvalue weighted by Crippen LogP contribution is -1.56. The van der Waals surface area contributed by atoms with Gasteiger partial charge in [-0.15, -0.1) is 35.0 Å². The van der Waals surface area contributed by atoms with E-state index in [1.165, 1.54) is 0 Å². The van der Waals surface area contributed by atoms with Crippen LogP contribution in [0.4, 0.5) is 0 Å². The van der Waals surface area contributed by atoms with Gasteiger partial charge in [-0.2, -0.15) is 0 Å². The van der Waals surface area contributed by atoms with Gasteiger partial charge in [-0.05, 0) is 10.8 Å². The molecule has 52 valence electrons. The van der Waals surface area contributed by atoms with Crippen molar-refractivity contribution in [3.63, 3.8) is 0 Å². The molecular weight excluding hydrogens is 175 g/mol. The molecular formula is C6H8Cl2S. The fraction of sp³-hybridized carbons (Fsp3) is 0.333. The van der Waals surface area contributed by atoms with Gasteiger partial charge in [0.25, 0.3) is 0 Å². The first-order valence-corrected chi connectivity index (χ1v) is 4.50. The van der Waals surface area contributed by atoms with E-state index in [9.17, 15) is 0 Å². The summed E-state index contributed by atoms with van der Waals surface area (Å²) in [5.41, 5.74) is 0. The summed E-state index contributed by atoms with van der Waals surface area (Å²) >= 11 is 12.3. The molecule has 3 heteroatoms. The van der Waals surface area contributed by atoms with Crippen LogP contribution >= 0.6 is 35.0 Å². The standard InChI is InChI=1S/C6H8Cl2S/c7-3-1-5-9-6-2-4-8/h1-2,5-6H,3-4H2.